The lowest BCUT2D eigenvalue weighted by atomic mass is 10.1. The van der Waals surface area contributed by atoms with Crippen molar-refractivity contribution in [3.05, 3.63) is 30.3 Å². The first-order valence-electron chi connectivity index (χ1n) is 7.01. The Labute approximate surface area is 113 Å². The molecular weight excluding hydrogens is 240 g/mol. The van der Waals surface area contributed by atoms with Gasteiger partial charge in [-0.1, -0.05) is 18.2 Å². The summed E-state index contributed by atoms with van der Waals surface area (Å²) in [6, 6.07) is 10.4. The van der Waals surface area contributed by atoms with Crippen molar-refractivity contribution in [2.45, 2.75) is 6.42 Å². The molecule has 1 unspecified atom stereocenters. The van der Waals surface area contributed by atoms with E-state index >= 15 is 0 Å². The summed E-state index contributed by atoms with van der Waals surface area (Å²) in [5.41, 5.74) is 1.25. The van der Waals surface area contributed by atoms with Gasteiger partial charge >= 0.3 is 0 Å². The molecule has 2 fully saturated rings. The molecule has 1 amide bonds. The Hall–Kier alpha value is -1.55. The van der Waals surface area contributed by atoms with Gasteiger partial charge < -0.3 is 14.5 Å². The van der Waals surface area contributed by atoms with Crippen LogP contribution in [0.4, 0.5) is 5.69 Å². The van der Waals surface area contributed by atoms with Crippen molar-refractivity contribution in [1.29, 1.82) is 0 Å². The van der Waals surface area contributed by atoms with Gasteiger partial charge in [0.1, 0.15) is 0 Å². The number of para-hydroxylation sites is 1. The molecule has 1 aromatic rings. The summed E-state index contributed by atoms with van der Waals surface area (Å²) < 4.78 is 5.30. The molecule has 2 saturated heterocycles. The van der Waals surface area contributed by atoms with Gasteiger partial charge in [-0.3, -0.25) is 4.79 Å². The Bertz CT molecular complexity index is 421. The van der Waals surface area contributed by atoms with E-state index in [0.29, 0.717) is 6.61 Å². The lowest BCUT2D eigenvalue weighted by molar-refractivity contribution is -0.135. The highest BCUT2D eigenvalue weighted by atomic mass is 16.5. The maximum absolute atomic E-state index is 12.3. The maximum atomic E-state index is 12.3. The molecule has 1 aromatic carbocycles. The first kappa shape index (κ1) is 12.5. The zero-order chi connectivity index (χ0) is 13.1. The fourth-order valence-corrected chi connectivity index (χ4v) is 2.81. The number of hydrogen-bond donors (Lipinski definition) is 0. The molecule has 0 radical (unpaired) electrons. The predicted molar refractivity (Wildman–Crippen MR) is 74.2 cm³/mol. The van der Waals surface area contributed by atoms with Crippen LogP contribution in [-0.2, 0) is 9.53 Å². The van der Waals surface area contributed by atoms with Crippen molar-refractivity contribution in [3.8, 4) is 0 Å². The highest BCUT2D eigenvalue weighted by Crippen LogP contribution is 2.19. The maximum Gasteiger partial charge on any atom is 0.228 e. The van der Waals surface area contributed by atoms with Crippen molar-refractivity contribution in [3.63, 3.8) is 0 Å². The van der Waals surface area contributed by atoms with E-state index in [1.165, 1.54) is 5.69 Å². The summed E-state index contributed by atoms with van der Waals surface area (Å²) in [4.78, 5) is 16.6. The molecule has 0 spiro atoms. The zero-order valence-electron chi connectivity index (χ0n) is 11.1. The molecule has 4 nitrogen and oxygen atoms in total. The number of nitrogens with zero attached hydrogens (tertiary/aromatic N) is 2. The van der Waals surface area contributed by atoms with Crippen LogP contribution in [0.15, 0.2) is 30.3 Å². The topological polar surface area (TPSA) is 32.8 Å². The van der Waals surface area contributed by atoms with E-state index in [2.05, 4.69) is 29.2 Å². The lowest BCUT2D eigenvalue weighted by Crippen LogP contribution is -2.50. The Morgan fingerprint density at radius 2 is 1.84 bits per heavy atom. The molecular formula is C15H20N2O2. The summed E-state index contributed by atoms with van der Waals surface area (Å²) >= 11 is 0. The minimum Gasteiger partial charge on any atom is -0.381 e. The third-order valence-corrected chi connectivity index (χ3v) is 3.99. The van der Waals surface area contributed by atoms with E-state index in [4.69, 9.17) is 4.74 Å². The van der Waals surface area contributed by atoms with Crippen molar-refractivity contribution in [2.75, 3.05) is 44.3 Å². The van der Waals surface area contributed by atoms with Crippen molar-refractivity contribution >= 4 is 11.6 Å². The van der Waals surface area contributed by atoms with Crippen LogP contribution in [0.5, 0.6) is 0 Å². The van der Waals surface area contributed by atoms with Gasteiger partial charge in [0.05, 0.1) is 12.5 Å². The molecule has 0 N–H and O–H groups in total. The number of carbonyl (C=O) groups is 1. The van der Waals surface area contributed by atoms with Crippen molar-refractivity contribution in [2.24, 2.45) is 5.92 Å². The average molecular weight is 260 g/mol. The van der Waals surface area contributed by atoms with E-state index in [1.807, 2.05) is 11.0 Å². The summed E-state index contributed by atoms with van der Waals surface area (Å²) in [6.07, 6.45) is 0.887. The molecule has 1 atom stereocenters. The van der Waals surface area contributed by atoms with Gasteiger partial charge in [0.2, 0.25) is 5.91 Å². The number of ether oxygens (including phenoxy) is 1. The summed E-state index contributed by atoms with van der Waals surface area (Å²) in [7, 11) is 0. The minimum absolute atomic E-state index is 0.100. The fourth-order valence-electron chi connectivity index (χ4n) is 2.81. The van der Waals surface area contributed by atoms with Gasteiger partial charge in [-0.25, -0.2) is 0 Å². The van der Waals surface area contributed by atoms with Gasteiger partial charge in [-0.2, -0.15) is 0 Å². The first-order chi connectivity index (χ1) is 9.34. The monoisotopic (exact) mass is 260 g/mol. The number of rotatable bonds is 2. The molecule has 0 aromatic heterocycles. The number of carbonyl (C=O) groups excluding carboxylic acids is 1. The first-order valence-corrected chi connectivity index (χ1v) is 7.01. The van der Waals surface area contributed by atoms with Crippen LogP contribution in [0, 0.1) is 5.92 Å². The third kappa shape index (κ3) is 2.73. The number of piperazine rings is 1. The molecule has 2 heterocycles. The molecule has 2 aliphatic heterocycles. The molecule has 102 valence electrons. The van der Waals surface area contributed by atoms with Gasteiger partial charge in [0, 0.05) is 38.5 Å². The van der Waals surface area contributed by atoms with Crippen molar-refractivity contribution < 1.29 is 9.53 Å². The Balaban J connectivity index is 1.56. The van der Waals surface area contributed by atoms with Crippen LogP contribution in [0.3, 0.4) is 0 Å². The zero-order valence-corrected chi connectivity index (χ0v) is 11.1. The van der Waals surface area contributed by atoms with Gasteiger partial charge in [-0.05, 0) is 18.6 Å². The lowest BCUT2D eigenvalue weighted by Gasteiger charge is -2.37. The second-order valence-corrected chi connectivity index (χ2v) is 5.21. The highest BCUT2D eigenvalue weighted by molar-refractivity contribution is 5.79. The Kier molecular flexibility index (Phi) is 3.69. The van der Waals surface area contributed by atoms with Crippen LogP contribution in [0.1, 0.15) is 6.42 Å². The molecule has 0 bridgehead atoms. The van der Waals surface area contributed by atoms with E-state index in [-0.39, 0.29) is 11.8 Å². The largest absolute Gasteiger partial charge is 0.381 e. The number of amides is 1. The summed E-state index contributed by atoms with van der Waals surface area (Å²) in [5, 5.41) is 0. The molecule has 3 rings (SSSR count). The van der Waals surface area contributed by atoms with Crippen LogP contribution < -0.4 is 4.90 Å². The number of benzene rings is 1. The summed E-state index contributed by atoms with van der Waals surface area (Å²) in [5.74, 6) is 0.383. The normalized spacial score (nSPS) is 23.7. The van der Waals surface area contributed by atoms with Gasteiger partial charge in [0.15, 0.2) is 0 Å². The third-order valence-electron chi connectivity index (χ3n) is 3.99. The average Bonchev–Trinajstić information content (AvgIpc) is 3.02. The van der Waals surface area contributed by atoms with Gasteiger partial charge in [-0.15, -0.1) is 0 Å². The van der Waals surface area contributed by atoms with Crippen LogP contribution in [0.2, 0.25) is 0 Å². The predicted octanol–water partition coefficient (Wildman–Crippen LogP) is 1.37. The van der Waals surface area contributed by atoms with E-state index in [1.54, 1.807) is 0 Å². The molecule has 19 heavy (non-hydrogen) atoms. The number of anilines is 1. The van der Waals surface area contributed by atoms with Crippen molar-refractivity contribution in [1.82, 2.24) is 4.90 Å². The van der Waals surface area contributed by atoms with E-state index in [0.717, 1.165) is 39.2 Å². The SMILES string of the molecule is O=C(C1CCOC1)N1CCN(c2ccccc2)CC1. The van der Waals surface area contributed by atoms with Crippen LogP contribution in [-0.4, -0.2) is 50.2 Å². The fraction of sp³-hybridized carbons (Fsp3) is 0.533. The molecule has 0 saturated carbocycles. The Morgan fingerprint density at radius 1 is 1.11 bits per heavy atom. The summed E-state index contributed by atoms with van der Waals surface area (Å²) in [6.45, 7) is 4.83. The van der Waals surface area contributed by atoms with E-state index in [9.17, 15) is 4.79 Å². The molecule has 2 aliphatic rings. The van der Waals surface area contributed by atoms with E-state index < -0.39 is 0 Å². The van der Waals surface area contributed by atoms with Gasteiger partial charge in [0.25, 0.3) is 0 Å². The second-order valence-electron chi connectivity index (χ2n) is 5.21. The van der Waals surface area contributed by atoms with Crippen LogP contribution in [0.25, 0.3) is 0 Å². The second kappa shape index (κ2) is 5.61. The quantitative estimate of drug-likeness (QED) is 0.805. The molecule has 0 aliphatic carbocycles. The molecule has 4 heteroatoms. The smallest absolute Gasteiger partial charge is 0.228 e. The van der Waals surface area contributed by atoms with Crippen LogP contribution >= 0.6 is 0 Å². The minimum atomic E-state index is 0.100. The Morgan fingerprint density at radius 3 is 2.47 bits per heavy atom. The standard InChI is InChI=1S/C15H20N2O2/c18-15(13-6-11-19-12-13)17-9-7-16(8-10-17)14-4-2-1-3-5-14/h1-5,13H,6-12H2. The number of hydrogen-bond acceptors (Lipinski definition) is 3. The highest BCUT2D eigenvalue weighted by Gasteiger charge is 2.29.